The van der Waals surface area contributed by atoms with E-state index < -0.39 is 78.4 Å². The Morgan fingerprint density at radius 1 is 0.743 bits per heavy atom. The lowest BCUT2D eigenvalue weighted by Crippen LogP contribution is -2.59. The number of hydrogen-bond donors (Lipinski definition) is 4. The Kier molecular flexibility index (Phi) is 21.8. The number of rotatable bonds is 21. The van der Waals surface area contributed by atoms with Crippen LogP contribution in [0.4, 0.5) is 0 Å². The maximum atomic E-state index is 14.4. The van der Waals surface area contributed by atoms with Crippen LogP contribution in [-0.2, 0) is 23.8 Å². The summed E-state index contributed by atoms with van der Waals surface area (Å²) in [7, 11) is 2.00. The number of unbranched alkanes of at least 4 members (excludes halogenated alkanes) is 10. The summed E-state index contributed by atoms with van der Waals surface area (Å²) in [5, 5.41) is 52.4. The highest BCUT2D eigenvalue weighted by molar-refractivity contribution is 7.95. The van der Waals surface area contributed by atoms with Crippen molar-refractivity contribution in [3.05, 3.63) is 91.0 Å². The van der Waals surface area contributed by atoms with Gasteiger partial charge in [0.1, 0.15) is 34.9 Å². The molecule has 1 aliphatic carbocycles. The highest BCUT2D eigenvalue weighted by Crippen LogP contribution is 2.64. The molecule has 2 saturated heterocycles. The second kappa shape index (κ2) is 26.9. The zero-order chi connectivity index (χ0) is 53.8. The van der Waals surface area contributed by atoms with Crippen LogP contribution in [0.1, 0.15) is 158 Å². The number of benzene rings is 3. The molecule has 0 radical (unpaired) electrons. The van der Waals surface area contributed by atoms with Crippen LogP contribution in [0.25, 0.3) is 0 Å². The van der Waals surface area contributed by atoms with Crippen molar-refractivity contribution >= 4 is 35.1 Å². The van der Waals surface area contributed by atoms with Crippen molar-refractivity contribution in [2.45, 2.75) is 218 Å². The smallest absolute Gasteiger partial charge is 0.311 e. The van der Waals surface area contributed by atoms with Crippen LogP contribution in [0.15, 0.2) is 91.0 Å². The quantitative estimate of drug-likeness (QED) is 0.0462. The van der Waals surface area contributed by atoms with Crippen LogP contribution < -0.4 is 15.9 Å². The number of fused-ring (bicyclic) bond motifs is 1. The van der Waals surface area contributed by atoms with Gasteiger partial charge >= 0.3 is 5.97 Å². The lowest BCUT2D eigenvalue weighted by molar-refractivity contribution is -0.299. The van der Waals surface area contributed by atoms with Gasteiger partial charge in [0.25, 0.3) is 0 Å². The van der Waals surface area contributed by atoms with Gasteiger partial charge in [0.15, 0.2) is 6.29 Å². The van der Waals surface area contributed by atoms with Crippen molar-refractivity contribution in [1.82, 2.24) is 9.80 Å². The first kappa shape index (κ1) is 60.0. The average molecular weight is 1040 g/mol. The molecule has 0 aromatic heterocycles. The van der Waals surface area contributed by atoms with Crippen LogP contribution in [-0.4, -0.2) is 129 Å². The van der Waals surface area contributed by atoms with E-state index in [2.05, 4.69) is 91.0 Å². The number of nitrogens with zero attached hydrogens (tertiary/aromatic N) is 2. The Morgan fingerprint density at radius 2 is 1.23 bits per heavy atom. The molecule has 74 heavy (non-hydrogen) atoms. The molecule has 1 saturated carbocycles. The van der Waals surface area contributed by atoms with E-state index in [1.807, 2.05) is 53.6 Å². The average Bonchev–Trinajstić information content (AvgIpc) is 4.00. The van der Waals surface area contributed by atoms with Crippen LogP contribution >= 0.6 is 7.26 Å². The molecule has 3 fully saturated rings. The molecule has 0 bridgehead atoms. The first-order valence-corrected chi connectivity index (χ1v) is 30.5. The summed E-state index contributed by atoms with van der Waals surface area (Å²) < 4.78 is 19.1. The molecule has 0 spiro atoms. The Balaban J connectivity index is 1.02. The fraction of sp³-hybridized carbons (Fsp3) is 0.677. The summed E-state index contributed by atoms with van der Waals surface area (Å²) in [6, 6.07) is 32.7. The monoisotopic (exact) mass is 1040 g/mol. The molecule has 12 heteroatoms. The van der Waals surface area contributed by atoms with Crippen LogP contribution in [0, 0.1) is 23.2 Å². The zero-order valence-corrected chi connectivity index (χ0v) is 47.8. The Morgan fingerprint density at radius 3 is 1.72 bits per heavy atom. The minimum absolute atomic E-state index is 0.0426. The standard InChI is InChI=1S/C62H96N2O9P/c1-11-62-43-60(62,7)56(68)48(6)64(42-44(2)41-61(8,70)57(46(4)54(66)47(5)58(69)73-62)72-59-55(67)52(63(9)10)40-45(3)71-59)53(65)38-30-19-17-15-13-12-14-16-18-20-31-39-74(49-32-24-21-25-33-49,50-34-26-22-27-35-50)51-36-28-23-29-37-51/h21-29,32-37,44-48,52,54-57,59,66-68,70H,11-20,30-31,38-43H2,1-10H3/q+1/t44-,45-,46+,47-,48-,52+,54+,55-,56-,57-,59+,60+,61-,62-/m1/s1. The molecule has 2 heterocycles. The van der Waals surface area contributed by atoms with Gasteiger partial charge in [-0.25, -0.2) is 0 Å². The van der Waals surface area contributed by atoms with Crippen LogP contribution in [0.3, 0.4) is 0 Å². The van der Waals surface area contributed by atoms with E-state index in [-0.39, 0.29) is 36.9 Å². The third-order valence-electron chi connectivity index (χ3n) is 17.7. The number of likely N-dealkylation sites (N-methyl/N-ethyl adjacent to an activating group) is 1. The van der Waals surface area contributed by atoms with E-state index in [9.17, 15) is 30.0 Å². The van der Waals surface area contributed by atoms with Crippen molar-refractivity contribution in [3.8, 4) is 0 Å². The number of carbonyl (C=O) groups is 2. The van der Waals surface area contributed by atoms with E-state index >= 15 is 0 Å². The normalized spacial score (nSPS) is 33.3. The minimum Gasteiger partial charge on any atom is -0.458 e. The fourth-order valence-electron chi connectivity index (χ4n) is 13.0. The van der Waals surface area contributed by atoms with Crippen molar-refractivity contribution in [1.29, 1.82) is 0 Å². The Labute approximate surface area is 446 Å². The van der Waals surface area contributed by atoms with Crippen LogP contribution in [0.5, 0.6) is 0 Å². The van der Waals surface area contributed by atoms with Gasteiger partial charge in [0.2, 0.25) is 5.91 Å². The summed E-state index contributed by atoms with van der Waals surface area (Å²) in [5.41, 5.74) is -3.37. The second-order valence-electron chi connectivity index (χ2n) is 23.7. The Hall–Kier alpha value is -3.25. The van der Waals surface area contributed by atoms with Gasteiger partial charge in [-0.15, -0.1) is 0 Å². The molecule has 3 aliphatic rings. The molecular formula is C62H96N2O9P+. The van der Waals surface area contributed by atoms with E-state index in [0.29, 0.717) is 25.7 Å². The number of hydrogen-bond acceptors (Lipinski definition) is 10. The lowest BCUT2D eigenvalue weighted by Gasteiger charge is -2.46. The highest BCUT2D eigenvalue weighted by Gasteiger charge is 2.71. The first-order valence-electron chi connectivity index (χ1n) is 28.5. The van der Waals surface area contributed by atoms with E-state index in [1.165, 1.54) is 67.0 Å². The van der Waals surface area contributed by atoms with Gasteiger partial charge in [-0.05, 0) is 129 Å². The molecule has 6 rings (SSSR count). The van der Waals surface area contributed by atoms with Gasteiger partial charge in [0, 0.05) is 30.3 Å². The fourth-order valence-corrected chi connectivity index (χ4v) is 17.4. The maximum Gasteiger partial charge on any atom is 0.311 e. The second-order valence-corrected chi connectivity index (χ2v) is 27.3. The summed E-state index contributed by atoms with van der Waals surface area (Å²) in [6.07, 6.45) is 9.92. The third-order valence-corrected chi connectivity index (χ3v) is 22.2. The number of aliphatic hydroxyl groups is 4. The number of esters is 1. The molecule has 1 amide bonds. The predicted octanol–water partition coefficient (Wildman–Crippen LogP) is 9.58. The van der Waals surface area contributed by atoms with Gasteiger partial charge in [-0.3, -0.25) is 9.59 Å². The zero-order valence-electron chi connectivity index (χ0n) is 46.9. The van der Waals surface area contributed by atoms with Gasteiger partial charge in [-0.2, -0.15) is 0 Å². The molecule has 11 nitrogen and oxygen atoms in total. The largest absolute Gasteiger partial charge is 0.458 e. The molecule has 0 unspecified atom stereocenters. The Bertz CT molecular complexity index is 2070. The van der Waals surface area contributed by atoms with Gasteiger partial charge in [0.05, 0.1) is 48.1 Å². The molecule has 14 atom stereocenters. The summed E-state index contributed by atoms with van der Waals surface area (Å²) in [6.45, 7) is 15.0. The SMILES string of the molecule is CC[C@@]12C[C@@]1(C)[C@H](O)[C@@H](C)N(C(=O)CCCCCCCCCCCCC[P+](c1ccccc1)(c1ccccc1)c1ccccc1)C[C@H](C)C[C@@](C)(O)[C@H](O[C@@H]1O[C@H](C)C[C@H](N(C)C)[C@H]1O)[C@@H](C)[C@H](O)[C@@H](C)C(=O)O2. The molecule has 4 N–H and O–H groups in total. The number of amides is 1. The molecule has 3 aromatic rings. The van der Waals surface area contributed by atoms with E-state index in [0.717, 1.165) is 25.7 Å². The summed E-state index contributed by atoms with van der Waals surface area (Å²) in [4.78, 5) is 32.1. The van der Waals surface area contributed by atoms with Gasteiger partial charge < -0.3 is 44.4 Å². The molecular weight excluding hydrogens is 948 g/mol. The topological polar surface area (TPSA) is 149 Å². The first-order chi connectivity index (χ1) is 35.2. The van der Waals surface area contributed by atoms with Gasteiger partial charge in [-0.1, -0.05) is 134 Å². The lowest BCUT2D eigenvalue weighted by atomic mass is 9.78. The molecule has 3 aromatic carbocycles. The minimum atomic E-state index is -1.79. The highest BCUT2D eigenvalue weighted by atomic mass is 31.2. The number of aliphatic hydroxyl groups excluding tert-OH is 3. The number of carbonyl (C=O) groups excluding carboxylic acids is 2. The maximum absolute atomic E-state index is 14.4. The van der Waals surface area contributed by atoms with E-state index in [1.54, 1.807) is 25.7 Å². The van der Waals surface area contributed by atoms with Crippen LogP contribution in [0.2, 0.25) is 0 Å². The van der Waals surface area contributed by atoms with Crippen molar-refractivity contribution in [2.75, 3.05) is 26.8 Å². The number of ether oxygens (including phenoxy) is 3. The molecule has 412 valence electrons. The third kappa shape index (κ3) is 14.1. The van der Waals surface area contributed by atoms with Crippen molar-refractivity contribution in [3.63, 3.8) is 0 Å². The summed E-state index contributed by atoms with van der Waals surface area (Å²) in [5.74, 6) is -2.69. The summed E-state index contributed by atoms with van der Waals surface area (Å²) >= 11 is 0. The van der Waals surface area contributed by atoms with E-state index in [4.69, 9.17) is 14.2 Å². The predicted molar refractivity (Wildman–Crippen MR) is 300 cm³/mol. The molecule has 2 aliphatic heterocycles. The van der Waals surface area contributed by atoms with Crippen molar-refractivity contribution < 1.29 is 44.2 Å². The van der Waals surface area contributed by atoms with Crippen molar-refractivity contribution in [2.24, 2.45) is 23.2 Å².